The number of carboxylic acid groups (broad SMARTS) is 1. The molecule has 0 aliphatic carbocycles. The number of aromatic carboxylic acids is 1. The Hall–Kier alpha value is -2.01. The van der Waals surface area contributed by atoms with Crippen LogP contribution < -0.4 is 5.73 Å². The van der Waals surface area contributed by atoms with Crippen molar-refractivity contribution >= 4 is 40.1 Å². The summed E-state index contributed by atoms with van der Waals surface area (Å²) >= 11 is 12.2. The van der Waals surface area contributed by atoms with Crippen molar-refractivity contribution in [3.63, 3.8) is 0 Å². The first kappa shape index (κ1) is 18.8. The van der Waals surface area contributed by atoms with Gasteiger partial charge in [-0.1, -0.05) is 35.3 Å². The van der Waals surface area contributed by atoms with Crippen LogP contribution in [0.1, 0.15) is 34.3 Å². The molecule has 0 amide bonds. The summed E-state index contributed by atoms with van der Waals surface area (Å²) in [5, 5.41) is 11.4. The SMILES string of the molecule is Cc1ccc(C(=O)O)c2c(CCCCN)c(-c3ccc(Cl)c(Cl)c3)[nH]c12. The van der Waals surface area contributed by atoms with Crippen LogP contribution in [0.5, 0.6) is 0 Å². The van der Waals surface area contributed by atoms with E-state index in [9.17, 15) is 9.90 Å². The van der Waals surface area contributed by atoms with Gasteiger partial charge in [0.05, 0.1) is 15.6 Å². The van der Waals surface area contributed by atoms with E-state index in [1.807, 2.05) is 19.1 Å². The van der Waals surface area contributed by atoms with Gasteiger partial charge >= 0.3 is 5.97 Å². The van der Waals surface area contributed by atoms with Crippen LogP contribution in [0.4, 0.5) is 0 Å². The molecule has 0 aliphatic rings. The number of carbonyl (C=O) groups is 1. The summed E-state index contributed by atoms with van der Waals surface area (Å²) in [6, 6.07) is 8.93. The molecule has 2 aromatic carbocycles. The van der Waals surface area contributed by atoms with E-state index in [4.69, 9.17) is 28.9 Å². The van der Waals surface area contributed by atoms with E-state index in [-0.39, 0.29) is 0 Å². The first-order chi connectivity index (χ1) is 12.4. The third kappa shape index (κ3) is 3.45. The highest BCUT2D eigenvalue weighted by Crippen LogP contribution is 2.37. The minimum absolute atomic E-state index is 0.302. The van der Waals surface area contributed by atoms with Gasteiger partial charge in [0, 0.05) is 16.6 Å². The fourth-order valence-corrected chi connectivity index (χ4v) is 3.58. The maximum absolute atomic E-state index is 11.8. The van der Waals surface area contributed by atoms with E-state index in [0.29, 0.717) is 22.2 Å². The van der Waals surface area contributed by atoms with E-state index in [0.717, 1.165) is 52.5 Å². The summed E-state index contributed by atoms with van der Waals surface area (Å²) < 4.78 is 0. The van der Waals surface area contributed by atoms with Gasteiger partial charge in [-0.3, -0.25) is 0 Å². The van der Waals surface area contributed by atoms with Gasteiger partial charge in [-0.05, 0) is 67.6 Å². The molecule has 1 aromatic heterocycles. The van der Waals surface area contributed by atoms with Crippen molar-refractivity contribution in [1.82, 2.24) is 4.98 Å². The molecule has 3 aromatic rings. The highest BCUT2D eigenvalue weighted by atomic mass is 35.5. The van der Waals surface area contributed by atoms with Gasteiger partial charge in [0.1, 0.15) is 0 Å². The molecular formula is C20H20Cl2N2O2. The van der Waals surface area contributed by atoms with Crippen LogP contribution in [0, 0.1) is 6.92 Å². The molecule has 0 spiro atoms. The molecule has 0 unspecified atom stereocenters. The number of unbranched alkanes of at least 4 members (excludes halogenated alkanes) is 1. The van der Waals surface area contributed by atoms with Gasteiger partial charge in [-0.2, -0.15) is 0 Å². The Kier molecular flexibility index (Phi) is 5.56. The summed E-state index contributed by atoms with van der Waals surface area (Å²) in [4.78, 5) is 15.2. The minimum atomic E-state index is -0.935. The number of benzene rings is 2. The molecule has 0 fully saturated rings. The maximum atomic E-state index is 11.8. The zero-order valence-corrected chi connectivity index (χ0v) is 15.9. The molecule has 0 atom stereocenters. The average Bonchev–Trinajstić information content (AvgIpc) is 2.98. The predicted octanol–water partition coefficient (Wildman–Crippen LogP) is 5.43. The van der Waals surface area contributed by atoms with E-state index >= 15 is 0 Å². The van der Waals surface area contributed by atoms with E-state index in [1.165, 1.54) is 0 Å². The Balaban J connectivity index is 2.28. The molecule has 0 radical (unpaired) electrons. The predicted molar refractivity (Wildman–Crippen MR) is 107 cm³/mol. The fraction of sp³-hybridized carbons (Fsp3) is 0.250. The number of carboxylic acids is 1. The standard InChI is InChI=1S/C20H20Cl2N2O2/c1-11-5-7-14(20(25)26)17-13(4-2-3-9-23)19(24-18(11)17)12-6-8-15(21)16(22)10-12/h5-8,10,24H,2-4,9,23H2,1H3,(H,25,26). The van der Waals surface area contributed by atoms with E-state index in [2.05, 4.69) is 4.98 Å². The number of aryl methyl sites for hydroxylation is 2. The van der Waals surface area contributed by atoms with Crippen LogP contribution in [-0.4, -0.2) is 22.6 Å². The lowest BCUT2D eigenvalue weighted by molar-refractivity contribution is 0.0699. The number of aromatic nitrogens is 1. The fourth-order valence-electron chi connectivity index (χ4n) is 3.28. The molecule has 0 saturated heterocycles. The Morgan fingerprint density at radius 3 is 2.58 bits per heavy atom. The number of fused-ring (bicyclic) bond motifs is 1. The third-order valence-corrected chi connectivity index (χ3v) is 5.33. The molecule has 26 heavy (non-hydrogen) atoms. The number of nitrogens with one attached hydrogen (secondary N) is 1. The monoisotopic (exact) mass is 390 g/mol. The van der Waals surface area contributed by atoms with Gasteiger partial charge in [0.15, 0.2) is 0 Å². The Labute approximate surface area is 161 Å². The second-order valence-corrected chi connectivity index (χ2v) is 7.15. The summed E-state index contributed by atoms with van der Waals surface area (Å²) in [5.74, 6) is -0.935. The molecular weight excluding hydrogens is 371 g/mol. The molecule has 136 valence electrons. The van der Waals surface area contributed by atoms with Gasteiger partial charge < -0.3 is 15.8 Å². The molecule has 4 N–H and O–H groups in total. The molecule has 1 heterocycles. The van der Waals surface area contributed by atoms with Gasteiger partial charge in [-0.25, -0.2) is 4.79 Å². The van der Waals surface area contributed by atoms with Crippen LogP contribution in [-0.2, 0) is 6.42 Å². The van der Waals surface area contributed by atoms with E-state index in [1.54, 1.807) is 18.2 Å². The number of hydrogen-bond acceptors (Lipinski definition) is 2. The van der Waals surface area contributed by atoms with Gasteiger partial charge in [-0.15, -0.1) is 0 Å². The Bertz CT molecular complexity index is 980. The number of H-pyrrole nitrogens is 1. The molecule has 0 saturated carbocycles. The third-order valence-electron chi connectivity index (χ3n) is 4.59. The van der Waals surface area contributed by atoms with Crippen LogP contribution >= 0.6 is 23.2 Å². The first-order valence-corrected chi connectivity index (χ1v) is 9.22. The second-order valence-electron chi connectivity index (χ2n) is 6.34. The van der Waals surface area contributed by atoms with Crippen molar-refractivity contribution in [2.75, 3.05) is 6.54 Å². The first-order valence-electron chi connectivity index (χ1n) is 8.47. The zero-order valence-electron chi connectivity index (χ0n) is 14.4. The maximum Gasteiger partial charge on any atom is 0.336 e. The number of nitrogens with two attached hydrogens (primary N) is 1. The summed E-state index contributed by atoms with van der Waals surface area (Å²) in [7, 11) is 0. The van der Waals surface area contributed by atoms with Gasteiger partial charge in [0.25, 0.3) is 0 Å². The molecule has 0 aliphatic heterocycles. The van der Waals surface area contributed by atoms with Crippen molar-refractivity contribution in [2.45, 2.75) is 26.2 Å². The lowest BCUT2D eigenvalue weighted by Crippen LogP contribution is -2.01. The molecule has 3 rings (SSSR count). The Morgan fingerprint density at radius 1 is 1.15 bits per heavy atom. The normalized spacial score (nSPS) is 11.2. The van der Waals surface area contributed by atoms with Crippen LogP contribution in [0.25, 0.3) is 22.2 Å². The van der Waals surface area contributed by atoms with Crippen molar-refractivity contribution in [3.05, 3.63) is 57.1 Å². The highest BCUT2D eigenvalue weighted by Gasteiger charge is 2.20. The molecule has 0 bridgehead atoms. The quantitative estimate of drug-likeness (QED) is 0.490. The van der Waals surface area contributed by atoms with Crippen LogP contribution in [0.3, 0.4) is 0 Å². The second kappa shape index (κ2) is 7.70. The van der Waals surface area contributed by atoms with Crippen LogP contribution in [0.15, 0.2) is 30.3 Å². The molecule has 6 heteroatoms. The van der Waals surface area contributed by atoms with Crippen molar-refractivity contribution in [1.29, 1.82) is 0 Å². The smallest absolute Gasteiger partial charge is 0.336 e. The summed E-state index contributed by atoms with van der Waals surface area (Å²) in [5.41, 5.74) is 10.5. The molecule has 4 nitrogen and oxygen atoms in total. The number of hydrogen-bond donors (Lipinski definition) is 3. The van der Waals surface area contributed by atoms with Crippen molar-refractivity contribution < 1.29 is 9.90 Å². The number of rotatable bonds is 6. The van der Waals surface area contributed by atoms with Crippen molar-refractivity contribution in [2.24, 2.45) is 5.73 Å². The highest BCUT2D eigenvalue weighted by molar-refractivity contribution is 6.42. The number of aromatic amines is 1. The summed E-state index contributed by atoms with van der Waals surface area (Å²) in [6.07, 6.45) is 2.49. The van der Waals surface area contributed by atoms with E-state index < -0.39 is 5.97 Å². The lowest BCUT2D eigenvalue weighted by atomic mass is 9.96. The lowest BCUT2D eigenvalue weighted by Gasteiger charge is -2.08. The zero-order chi connectivity index (χ0) is 18.8. The Morgan fingerprint density at radius 2 is 1.92 bits per heavy atom. The van der Waals surface area contributed by atoms with Crippen LogP contribution in [0.2, 0.25) is 10.0 Å². The van der Waals surface area contributed by atoms with Crippen molar-refractivity contribution in [3.8, 4) is 11.3 Å². The summed E-state index contributed by atoms with van der Waals surface area (Å²) in [6.45, 7) is 2.57. The largest absolute Gasteiger partial charge is 0.478 e. The topological polar surface area (TPSA) is 79.1 Å². The minimum Gasteiger partial charge on any atom is -0.478 e. The number of halogens is 2. The average molecular weight is 391 g/mol. The van der Waals surface area contributed by atoms with Gasteiger partial charge in [0.2, 0.25) is 0 Å².